The third-order valence-corrected chi connectivity index (χ3v) is 4.80. The fourth-order valence-corrected chi connectivity index (χ4v) is 3.09. The highest BCUT2D eigenvalue weighted by Crippen LogP contribution is 2.15. The molecule has 1 amide bonds. The number of benzene rings is 1. The van der Waals surface area contributed by atoms with Crippen LogP contribution in [0.2, 0.25) is 0 Å². The van der Waals surface area contributed by atoms with Crippen molar-refractivity contribution in [3.8, 4) is 5.69 Å². The molecule has 2 N–H and O–H groups in total. The van der Waals surface area contributed by atoms with Crippen LogP contribution in [0.4, 0.5) is 0 Å². The standard InChI is InChI=1S/C21H30N6O2/c1-16-10-11-27(25-16)19-9-5-4-7-17(19)13-22-21(24-15-20(28)26(2)3)23-14-18-8-6-12-29-18/h4-5,7,9-11,18H,6,8,12-15H2,1-3H3,(H2,22,23,24). The second-order valence-electron chi connectivity index (χ2n) is 7.35. The van der Waals surface area contributed by atoms with Gasteiger partial charge < -0.3 is 20.3 Å². The first-order valence-electron chi connectivity index (χ1n) is 9.97. The molecule has 1 unspecified atom stereocenters. The molecule has 2 heterocycles. The van der Waals surface area contributed by atoms with Gasteiger partial charge in [-0.1, -0.05) is 18.2 Å². The minimum absolute atomic E-state index is 0.0102. The third kappa shape index (κ3) is 6.05. The topological polar surface area (TPSA) is 83.8 Å². The zero-order valence-electron chi connectivity index (χ0n) is 17.4. The summed E-state index contributed by atoms with van der Waals surface area (Å²) in [6.45, 7) is 4.09. The molecule has 1 fully saturated rings. The van der Waals surface area contributed by atoms with E-state index < -0.39 is 0 Å². The lowest BCUT2D eigenvalue weighted by atomic mass is 10.2. The number of carbonyl (C=O) groups is 1. The van der Waals surface area contributed by atoms with E-state index in [2.05, 4.69) is 15.7 Å². The number of nitrogens with zero attached hydrogens (tertiary/aromatic N) is 4. The van der Waals surface area contributed by atoms with E-state index in [1.165, 1.54) is 0 Å². The summed E-state index contributed by atoms with van der Waals surface area (Å²) in [5.41, 5.74) is 3.01. The van der Waals surface area contributed by atoms with E-state index >= 15 is 0 Å². The zero-order valence-corrected chi connectivity index (χ0v) is 17.4. The maximum Gasteiger partial charge on any atom is 0.241 e. The average molecular weight is 399 g/mol. The van der Waals surface area contributed by atoms with Crippen LogP contribution in [0.15, 0.2) is 41.5 Å². The van der Waals surface area contributed by atoms with E-state index in [4.69, 9.17) is 9.73 Å². The van der Waals surface area contributed by atoms with Crippen LogP contribution < -0.4 is 10.6 Å². The number of aromatic nitrogens is 2. The van der Waals surface area contributed by atoms with E-state index in [1.54, 1.807) is 19.0 Å². The Morgan fingerprint density at radius 2 is 2.14 bits per heavy atom. The highest BCUT2D eigenvalue weighted by atomic mass is 16.5. The van der Waals surface area contributed by atoms with Gasteiger partial charge in [0.05, 0.1) is 30.6 Å². The number of para-hydroxylation sites is 1. The summed E-state index contributed by atoms with van der Waals surface area (Å²) in [7, 11) is 3.48. The Morgan fingerprint density at radius 3 is 2.83 bits per heavy atom. The molecule has 0 aliphatic carbocycles. The number of rotatable bonds is 7. The molecular weight excluding hydrogens is 368 g/mol. The molecule has 8 nitrogen and oxygen atoms in total. The minimum Gasteiger partial charge on any atom is -0.376 e. The molecule has 0 radical (unpaired) electrons. The van der Waals surface area contributed by atoms with Crippen molar-refractivity contribution in [2.75, 3.05) is 33.8 Å². The van der Waals surface area contributed by atoms with E-state index in [0.717, 1.165) is 36.4 Å². The first-order valence-corrected chi connectivity index (χ1v) is 9.97. The molecule has 1 aromatic heterocycles. The predicted molar refractivity (Wildman–Crippen MR) is 113 cm³/mol. The predicted octanol–water partition coefficient (Wildman–Crippen LogP) is 1.48. The minimum atomic E-state index is -0.0102. The normalized spacial score (nSPS) is 16.7. The maximum absolute atomic E-state index is 12.0. The molecule has 1 aromatic carbocycles. The maximum atomic E-state index is 12.0. The van der Waals surface area contributed by atoms with Crippen molar-refractivity contribution in [2.45, 2.75) is 32.4 Å². The summed E-state index contributed by atoms with van der Waals surface area (Å²) in [6.07, 6.45) is 4.26. The fourth-order valence-electron chi connectivity index (χ4n) is 3.09. The second kappa shape index (κ2) is 10.1. The molecule has 29 heavy (non-hydrogen) atoms. The number of amides is 1. The lowest BCUT2D eigenvalue weighted by Gasteiger charge is -2.17. The summed E-state index contributed by atoms with van der Waals surface area (Å²) in [5.74, 6) is 0.589. The molecule has 2 aromatic rings. The number of aliphatic imine (C=N–C) groups is 1. The third-order valence-electron chi connectivity index (χ3n) is 4.80. The van der Waals surface area contributed by atoms with Gasteiger partial charge in [0.15, 0.2) is 5.96 Å². The van der Waals surface area contributed by atoms with E-state index in [-0.39, 0.29) is 18.6 Å². The van der Waals surface area contributed by atoms with Gasteiger partial charge in [-0.05, 0) is 37.5 Å². The Morgan fingerprint density at radius 1 is 1.31 bits per heavy atom. The largest absolute Gasteiger partial charge is 0.376 e. The Bertz CT molecular complexity index is 839. The van der Waals surface area contributed by atoms with Crippen LogP contribution in [0.25, 0.3) is 5.69 Å². The molecular formula is C21H30N6O2. The van der Waals surface area contributed by atoms with Gasteiger partial charge in [0.25, 0.3) is 0 Å². The van der Waals surface area contributed by atoms with Gasteiger partial charge in [0.1, 0.15) is 0 Å². The Balaban J connectivity index is 1.71. The Labute approximate surface area is 171 Å². The summed E-state index contributed by atoms with van der Waals surface area (Å²) in [4.78, 5) is 18.2. The molecule has 156 valence electrons. The molecule has 0 spiro atoms. The number of carbonyl (C=O) groups excluding carboxylic acids is 1. The molecule has 1 aliphatic rings. The zero-order chi connectivity index (χ0) is 20.6. The number of hydrogen-bond acceptors (Lipinski definition) is 4. The fraction of sp³-hybridized carbons (Fsp3) is 0.476. The number of likely N-dealkylation sites (N-methyl/N-ethyl adjacent to an activating group) is 1. The highest BCUT2D eigenvalue weighted by molar-refractivity contribution is 5.86. The smallest absolute Gasteiger partial charge is 0.241 e. The van der Waals surface area contributed by atoms with Crippen molar-refractivity contribution in [2.24, 2.45) is 4.99 Å². The van der Waals surface area contributed by atoms with Gasteiger partial charge in [-0.3, -0.25) is 4.79 Å². The van der Waals surface area contributed by atoms with E-state index in [9.17, 15) is 4.79 Å². The van der Waals surface area contributed by atoms with Crippen LogP contribution in [-0.4, -0.2) is 66.4 Å². The number of aryl methyl sites for hydroxylation is 1. The van der Waals surface area contributed by atoms with Gasteiger partial charge in [0, 0.05) is 33.4 Å². The molecule has 1 atom stereocenters. The Hall–Kier alpha value is -2.87. The van der Waals surface area contributed by atoms with E-state index in [0.29, 0.717) is 19.0 Å². The van der Waals surface area contributed by atoms with Gasteiger partial charge in [0.2, 0.25) is 5.91 Å². The van der Waals surface area contributed by atoms with Crippen molar-refractivity contribution in [3.05, 3.63) is 47.8 Å². The number of guanidine groups is 1. The van der Waals surface area contributed by atoms with Gasteiger partial charge in [-0.2, -0.15) is 5.10 Å². The van der Waals surface area contributed by atoms with Gasteiger partial charge in [-0.25, -0.2) is 9.67 Å². The van der Waals surface area contributed by atoms with Crippen molar-refractivity contribution >= 4 is 11.9 Å². The van der Waals surface area contributed by atoms with Crippen molar-refractivity contribution in [3.63, 3.8) is 0 Å². The van der Waals surface area contributed by atoms with Crippen LogP contribution in [0.5, 0.6) is 0 Å². The number of nitrogens with one attached hydrogen (secondary N) is 2. The Kier molecular flexibility index (Phi) is 7.24. The summed E-state index contributed by atoms with van der Waals surface area (Å²) < 4.78 is 7.54. The molecule has 1 saturated heterocycles. The van der Waals surface area contributed by atoms with Gasteiger partial charge in [-0.15, -0.1) is 0 Å². The summed E-state index contributed by atoms with van der Waals surface area (Å²) >= 11 is 0. The van der Waals surface area contributed by atoms with Crippen molar-refractivity contribution in [1.29, 1.82) is 0 Å². The molecule has 1 aliphatic heterocycles. The molecule has 8 heteroatoms. The summed E-state index contributed by atoms with van der Waals surface area (Å²) in [6, 6.07) is 10.0. The summed E-state index contributed by atoms with van der Waals surface area (Å²) in [5, 5.41) is 10.9. The highest BCUT2D eigenvalue weighted by Gasteiger charge is 2.16. The quantitative estimate of drug-likeness (QED) is 0.545. The number of ether oxygens (including phenoxy) is 1. The monoisotopic (exact) mass is 398 g/mol. The van der Waals surface area contributed by atoms with Crippen molar-refractivity contribution < 1.29 is 9.53 Å². The van der Waals surface area contributed by atoms with Gasteiger partial charge >= 0.3 is 0 Å². The van der Waals surface area contributed by atoms with Crippen LogP contribution in [0.1, 0.15) is 24.1 Å². The van der Waals surface area contributed by atoms with Crippen LogP contribution >= 0.6 is 0 Å². The number of hydrogen-bond donors (Lipinski definition) is 2. The van der Waals surface area contributed by atoms with Crippen LogP contribution in [0, 0.1) is 6.92 Å². The lowest BCUT2D eigenvalue weighted by Crippen LogP contribution is -2.45. The second-order valence-corrected chi connectivity index (χ2v) is 7.35. The molecule has 3 rings (SSSR count). The average Bonchev–Trinajstić information content (AvgIpc) is 3.39. The molecule has 0 saturated carbocycles. The lowest BCUT2D eigenvalue weighted by molar-refractivity contribution is -0.127. The first-order chi connectivity index (χ1) is 14.0. The first kappa shape index (κ1) is 20.9. The molecule has 0 bridgehead atoms. The van der Waals surface area contributed by atoms with Crippen LogP contribution in [0.3, 0.4) is 0 Å². The van der Waals surface area contributed by atoms with Crippen LogP contribution in [-0.2, 0) is 16.1 Å². The van der Waals surface area contributed by atoms with Crippen molar-refractivity contribution in [1.82, 2.24) is 25.3 Å². The SMILES string of the molecule is Cc1ccn(-c2ccccc2CN=C(NCC(=O)N(C)C)NCC2CCCO2)n1. The van der Waals surface area contributed by atoms with E-state index in [1.807, 2.05) is 48.1 Å².